The lowest BCUT2D eigenvalue weighted by Crippen LogP contribution is -2.54. The van der Waals surface area contributed by atoms with Crippen molar-refractivity contribution >= 4 is 29.4 Å². The lowest BCUT2D eigenvalue weighted by Gasteiger charge is -2.39. The second-order valence-corrected chi connectivity index (χ2v) is 6.42. The van der Waals surface area contributed by atoms with Gasteiger partial charge >= 0.3 is 6.03 Å². The Bertz CT molecular complexity index is 708. The quantitative estimate of drug-likeness (QED) is 0.798. The highest BCUT2D eigenvalue weighted by Gasteiger charge is 2.48. The lowest BCUT2D eigenvalue weighted by molar-refractivity contribution is -0.125. The molecule has 1 atom stereocenters. The van der Waals surface area contributed by atoms with Crippen LogP contribution in [0.15, 0.2) is 12.3 Å². The Balaban J connectivity index is 1.71. The van der Waals surface area contributed by atoms with Crippen molar-refractivity contribution < 1.29 is 9.59 Å². The summed E-state index contributed by atoms with van der Waals surface area (Å²) >= 11 is 6.20. The maximum atomic E-state index is 12.0. The number of nitrogens with zero attached hydrogens (tertiary/aromatic N) is 3. The van der Waals surface area contributed by atoms with Crippen LogP contribution in [0.2, 0.25) is 5.02 Å². The molecule has 23 heavy (non-hydrogen) atoms. The summed E-state index contributed by atoms with van der Waals surface area (Å²) in [6.07, 6.45) is 2.98. The second-order valence-electron chi connectivity index (χ2n) is 6.01. The third-order valence-electron chi connectivity index (χ3n) is 4.63. The molecule has 8 heteroatoms. The van der Waals surface area contributed by atoms with Crippen molar-refractivity contribution in [2.24, 2.45) is 5.92 Å². The van der Waals surface area contributed by atoms with Gasteiger partial charge in [0.15, 0.2) is 0 Å². The van der Waals surface area contributed by atoms with E-state index in [1.807, 2.05) is 11.0 Å². The maximum absolute atomic E-state index is 12.0. The monoisotopic (exact) mass is 333 g/mol. The number of hydrogen-bond acceptors (Lipinski definition) is 5. The highest BCUT2D eigenvalue weighted by Crippen LogP contribution is 2.33. The summed E-state index contributed by atoms with van der Waals surface area (Å²) in [5.41, 5.74) is -0.433. The van der Waals surface area contributed by atoms with E-state index in [0.717, 1.165) is 12.8 Å². The molecule has 2 fully saturated rings. The first-order chi connectivity index (χ1) is 10.9. The maximum Gasteiger partial charge on any atom is 0.322 e. The van der Waals surface area contributed by atoms with Gasteiger partial charge in [0.25, 0.3) is 5.91 Å². The van der Waals surface area contributed by atoms with E-state index in [1.54, 1.807) is 13.0 Å². The van der Waals surface area contributed by atoms with Gasteiger partial charge in [0.05, 0.1) is 10.6 Å². The predicted octanol–water partition coefficient (Wildman–Crippen LogP) is 1.42. The standard InChI is InChI=1S/C15H16ClN5O2/c1-15(13(22)19-14(23)20-15)10-2-4-21(5-3-10)12-11(16)6-9(7-17)8-18-12/h6,8,10H,2-5H2,1H3,(H2,19,20,22,23). The van der Waals surface area contributed by atoms with E-state index >= 15 is 0 Å². The Morgan fingerprint density at radius 3 is 2.65 bits per heavy atom. The molecule has 1 aromatic rings. The van der Waals surface area contributed by atoms with Crippen LogP contribution in [-0.2, 0) is 4.79 Å². The molecule has 0 aliphatic carbocycles. The van der Waals surface area contributed by atoms with Gasteiger partial charge in [-0.1, -0.05) is 11.6 Å². The number of nitrogens with one attached hydrogen (secondary N) is 2. The minimum absolute atomic E-state index is 0.0577. The Hall–Kier alpha value is -2.33. The molecule has 2 N–H and O–H groups in total. The number of halogens is 1. The molecule has 3 amide bonds. The van der Waals surface area contributed by atoms with E-state index in [9.17, 15) is 9.59 Å². The van der Waals surface area contributed by atoms with Gasteiger partial charge in [-0.2, -0.15) is 5.26 Å². The Morgan fingerprint density at radius 1 is 1.43 bits per heavy atom. The van der Waals surface area contributed by atoms with Crippen LogP contribution in [0.1, 0.15) is 25.3 Å². The van der Waals surface area contributed by atoms with Gasteiger partial charge in [-0.15, -0.1) is 0 Å². The normalized spacial score (nSPS) is 25.0. The Morgan fingerprint density at radius 2 is 2.13 bits per heavy atom. The Kier molecular flexibility index (Phi) is 3.86. The van der Waals surface area contributed by atoms with Crippen LogP contribution in [0.3, 0.4) is 0 Å². The van der Waals surface area contributed by atoms with Gasteiger partial charge in [-0.05, 0) is 31.7 Å². The summed E-state index contributed by atoms with van der Waals surface area (Å²) in [6.45, 7) is 3.13. The molecule has 120 valence electrons. The number of pyridine rings is 1. The summed E-state index contributed by atoms with van der Waals surface area (Å²) in [5.74, 6) is 0.437. The first-order valence-corrected chi connectivity index (χ1v) is 7.76. The molecule has 0 aromatic carbocycles. The van der Waals surface area contributed by atoms with Gasteiger partial charge in [-0.3, -0.25) is 10.1 Å². The molecule has 1 unspecified atom stereocenters. The van der Waals surface area contributed by atoms with Gasteiger partial charge in [0.1, 0.15) is 17.4 Å². The fourth-order valence-electron chi connectivity index (χ4n) is 3.24. The molecule has 0 radical (unpaired) electrons. The van der Waals surface area contributed by atoms with Crippen LogP contribution in [-0.4, -0.2) is 35.6 Å². The molecule has 0 spiro atoms. The number of carbonyl (C=O) groups excluding carboxylic acids is 2. The van der Waals surface area contributed by atoms with E-state index in [4.69, 9.17) is 16.9 Å². The van der Waals surface area contributed by atoms with Gasteiger partial charge in [0, 0.05) is 19.3 Å². The molecule has 3 heterocycles. The fraction of sp³-hybridized carbons (Fsp3) is 0.467. The number of hydrogen-bond donors (Lipinski definition) is 2. The number of anilines is 1. The molecular weight excluding hydrogens is 318 g/mol. The van der Waals surface area contributed by atoms with E-state index in [-0.39, 0.29) is 11.8 Å². The van der Waals surface area contributed by atoms with Crippen molar-refractivity contribution in [3.8, 4) is 6.07 Å². The zero-order valence-electron chi connectivity index (χ0n) is 12.6. The zero-order valence-corrected chi connectivity index (χ0v) is 13.4. The SMILES string of the molecule is CC1(C2CCN(c3ncc(C#N)cc3Cl)CC2)NC(=O)NC1=O. The highest BCUT2D eigenvalue weighted by molar-refractivity contribution is 6.33. The van der Waals surface area contributed by atoms with Crippen molar-refractivity contribution in [2.45, 2.75) is 25.3 Å². The summed E-state index contributed by atoms with van der Waals surface area (Å²) < 4.78 is 0. The predicted molar refractivity (Wildman–Crippen MR) is 84.0 cm³/mol. The van der Waals surface area contributed by atoms with E-state index in [2.05, 4.69) is 15.6 Å². The number of nitriles is 1. The Labute approximate surface area is 138 Å². The smallest absolute Gasteiger partial charge is 0.322 e. The van der Waals surface area contributed by atoms with Crippen LogP contribution in [0.5, 0.6) is 0 Å². The molecule has 2 saturated heterocycles. The molecule has 2 aliphatic rings. The van der Waals surface area contributed by atoms with E-state index < -0.39 is 11.6 Å². The number of aromatic nitrogens is 1. The van der Waals surface area contributed by atoms with Crippen molar-refractivity contribution in [1.82, 2.24) is 15.6 Å². The largest absolute Gasteiger partial charge is 0.355 e. The van der Waals surface area contributed by atoms with E-state index in [0.29, 0.717) is 29.5 Å². The molecular formula is C15H16ClN5O2. The third kappa shape index (κ3) is 2.70. The van der Waals surface area contributed by atoms with Crippen molar-refractivity contribution in [2.75, 3.05) is 18.0 Å². The van der Waals surface area contributed by atoms with E-state index in [1.165, 1.54) is 6.20 Å². The van der Waals surface area contributed by atoms with Crippen molar-refractivity contribution in [3.05, 3.63) is 22.8 Å². The minimum Gasteiger partial charge on any atom is -0.355 e. The average molecular weight is 334 g/mol. The zero-order chi connectivity index (χ0) is 16.6. The number of rotatable bonds is 2. The molecule has 3 rings (SSSR count). The number of urea groups is 1. The number of amides is 3. The number of piperidine rings is 1. The third-order valence-corrected chi connectivity index (χ3v) is 4.91. The number of carbonyl (C=O) groups is 2. The van der Waals surface area contributed by atoms with Gasteiger partial charge in [0.2, 0.25) is 0 Å². The average Bonchev–Trinajstić information content (AvgIpc) is 2.81. The van der Waals surface area contributed by atoms with Crippen LogP contribution in [0.4, 0.5) is 10.6 Å². The molecule has 7 nitrogen and oxygen atoms in total. The topological polar surface area (TPSA) is 98.1 Å². The number of imide groups is 1. The van der Waals surface area contributed by atoms with Crippen molar-refractivity contribution in [3.63, 3.8) is 0 Å². The van der Waals surface area contributed by atoms with Gasteiger partial charge < -0.3 is 10.2 Å². The second kappa shape index (κ2) is 5.70. The van der Waals surface area contributed by atoms with Crippen LogP contribution in [0.25, 0.3) is 0 Å². The first kappa shape index (κ1) is 15.6. The minimum atomic E-state index is -0.856. The van der Waals surface area contributed by atoms with Crippen LogP contribution in [0, 0.1) is 17.2 Å². The lowest BCUT2D eigenvalue weighted by atomic mass is 9.79. The molecule has 2 aliphatic heterocycles. The highest BCUT2D eigenvalue weighted by atomic mass is 35.5. The summed E-state index contributed by atoms with van der Waals surface area (Å²) in [6, 6.07) is 3.17. The molecule has 0 saturated carbocycles. The van der Waals surface area contributed by atoms with Crippen molar-refractivity contribution in [1.29, 1.82) is 5.26 Å². The fourth-order valence-corrected chi connectivity index (χ4v) is 3.52. The van der Waals surface area contributed by atoms with Crippen LogP contribution >= 0.6 is 11.6 Å². The molecule has 1 aromatic heterocycles. The molecule has 0 bridgehead atoms. The first-order valence-electron chi connectivity index (χ1n) is 7.38. The van der Waals surface area contributed by atoms with Crippen LogP contribution < -0.4 is 15.5 Å². The van der Waals surface area contributed by atoms with Gasteiger partial charge in [-0.25, -0.2) is 9.78 Å². The summed E-state index contributed by atoms with van der Waals surface area (Å²) in [4.78, 5) is 29.7. The summed E-state index contributed by atoms with van der Waals surface area (Å²) in [7, 11) is 0. The summed E-state index contributed by atoms with van der Waals surface area (Å²) in [5, 5.41) is 14.3.